The molecule has 0 aliphatic heterocycles. The van der Waals surface area contributed by atoms with Crippen LogP contribution in [0.25, 0.3) is 0 Å². The number of rotatable bonds is 4. The number of halogens is 1. The van der Waals surface area contributed by atoms with E-state index in [0.717, 1.165) is 24.8 Å². The topological polar surface area (TPSA) is 13.1 Å². The van der Waals surface area contributed by atoms with E-state index in [1.807, 2.05) is 0 Å². The molecular weight excluding hydrogens is 167 g/mol. The molecule has 1 unspecified atom stereocenters. The van der Waals surface area contributed by atoms with Crippen LogP contribution in [0.1, 0.15) is 45.6 Å². The molecule has 0 fully saturated rings. The zero-order valence-electron chi connectivity index (χ0n) is 8.56. The lowest BCUT2D eigenvalue weighted by Crippen LogP contribution is -2.20. The Morgan fingerprint density at radius 3 is 2.54 bits per heavy atom. The van der Waals surface area contributed by atoms with Crippen molar-refractivity contribution >= 4 is 0 Å². The van der Waals surface area contributed by atoms with Gasteiger partial charge in [-0.2, -0.15) is 4.39 Å². The van der Waals surface area contributed by atoms with Crippen LogP contribution in [-0.2, 0) is 5.41 Å². The first-order chi connectivity index (χ1) is 6.14. The highest BCUT2D eigenvalue weighted by Gasteiger charge is 2.28. The Morgan fingerprint density at radius 1 is 1.46 bits per heavy atom. The molecule has 74 valence electrons. The summed E-state index contributed by atoms with van der Waals surface area (Å²) in [5.74, 6) is 0. The van der Waals surface area contributed by atoms with Crippen LogP contribution in [0.2, 0.25) is 0 Å². The summed E-state index contributed by atoms with van der Waals surface area (Å²) < 4.78 is 17.9. The minimum atomic E-state index is -0.419. The number of furan rings is 1. The predicted octanol–water partition coefficient (Wildman–Crippen LogP) is 3.89. The van der Waals surface area contributed by atoms with Crippen molar-refractivity contribution in [3.63, 3.8) is 0 Å². The van der Waals surface area contributed by atoms with Crippen molar-refractivity contribution in [3.8, 4) is 0 Å². The van der Waals surface area contributed by atoms with Gasteiger partial charge < -0.3 is 4.42 Å². The molecule has 1 atom stereocenters. The Bertz CT molecular complexity index is 267. The third-order valence-electron chi connectivity index (χ3n) is 2.85. The van der Waals surface area contributed by atoms with Crippen LogP contribution >= 0.6 is 0 Å². The van der Waals surface area contributed by atoms with E-state index in [2.05, 4.69) is 20.8 Å². The molecule has 0 spiro atoms. The first kappa shape index (κ1) is 10.3. The summed E-state index contributed by atoms with van der Waals surface area (Å²) >= 11 is 0. The maximum Gasteiger partial charge on any atom is 0.281 e. The van der Waals surface area contributed by atoms with Gasteiger partial charge in [0.25, 0.3) is 6.01 Å². The lowest BCUT2D eigenvalue weighted by atomic mass is 9.78. The molecule has 0 aliphatic carbocycles. The van der Waals surface area contributed by atoms with Gasteiger partial charge in [0, 0.05) is 5.56 Å². The molecule has 1 aromatic rings. The second kappa shape index (κ2) is 3.95. The average molecular weight is 184 g/mol. The third kappa shape index (κ3) is 1.93. The summed E-state index contributed by atoms with van der Waals surface area (Å²) in [6.45, 7) is 6.29. The maximum atomic E-state index is 13.2. The Morgan fingerprint density at radius 2 is 2.15 bits per heavy atom. The van der Waals surface area contributed by atoms with Crippen molar-refractivity contribution in [1.82, 2.24) is 0 Å². The fourth-order valence-corrected chi connectivity index (χ4v) is 1.78. The second-order valence-corrected chi connectivity index (χ2v) is 3.77. The molecule has 2 heteroatoms. The molecule has 1 rings (SSSR count). The SMILES string of the molecule is CCCC(C)(CC)c1ccoc1F. The lowest BCUT2D eigenvalue weighted by Gasteiger charge is -2.26. The quantitative estimate of drug-likeness (QED) is 0.692. The zero-order chi connectivity index (χ0) is 9.90. The highest BCUT2D eigenvalue weighted by Crippen LogP contribution is 2.34. The molecule has 0 aliphatic rings. The fraction of sp³-hybridized carbons (Fsp3) is 0.636. The van der Waals surface area contributed by atoms with Crippen molar-refractivity contribution in [2.24, 2.45) is 0 Å². The molecule has 13 heavy (non-hydrogen) atoms. The van der Waals surface area contributed by atoms with E-state index in [1.54, 1.807) is 6.07 Å². The molecule has 0 aromatic carbocycles. The summed E-state index contributed by atoms with van der Waals surface area (Å²) in [5.41, 5.74) is 0.656. The standard InChI is InChI=1S/C11H17FO/c1-4-7-11(3,5-2)9-6-8-13-10(9)12/h6,8H,4-5,7H2,1-3H3. The van der Waals surface area contributed by atoms with Crippen molar-refractivity contribution < 1.29 is 8.81 Å². The van der Waals surface area contributed by atoms with E-state index < -0.39 is 6.01 Å². The monoisotopic (exact) mass is 184 g/mol. The second-order valence-electron chi connectivity index (χ2n) is 3.77. The van der Waals surface area contributed by atoms with E-state index in [0.29, 0.717) is 0 Å². The Kier molecular flexibility index (Phi) is 3.12. The van der Waals surface area contributed by atoms with Crippen LogP contribution in [0.4, 0.5) is 4.39 Å². The van der Waals surface area contributed by atoms with Gasteiger partial charge in [0.1, 0.15) is 0 Å². The molecule has 0 N–H and O–H groups in total. The molecule has 0 amide bonds. The Hall–Kier alpha value is -0.790. The third-order valence-corrected chi connectivity index (χ3v) is 2.85. The maximum absolute atomic E-state index is 13.2. The van der Waals surface area contributed by atoms with Gasteiger partial charge >= 0.3 is 0 Å². The lowest BCUT2D eigenvalue weighted by molar-refractivity contribution is 0.319. The summed E-state index contributed by atoms with van der Waals surface area (Å²) in [6, 6.07) is 1.33. The number of hydrogen-bond donors (Lipinski definition) is 0. The van der Waals surface area contributed by atoms with Crippen molar-refractivity contribution in [2.75, 3.05) is 0 Å². The van der Waals surface area contributed by atoms with Crippen LogP contribution in [-0.4, -0.2) is 0 Å². The summed E-state index contributed by atoms with van der Waals surface area (Å²) in [7, 11) is 0. The van der Waals surface area contributed by atoms with Gasteiger partial charge in [0.2, 0.25) is 0 Å². The molecule has 0 radical (unpaired) electrons. The largest absolute Gasteiger partial charge is 0.439 e. The molecule has 1 aromatic heterocycles. The summed E-state index contributed by atoms with van der Waals surface area (Å²) in [6.07, 6.45) is 4.43. The van der Waals surface area contributed by atoms with E-state index in [4.69, 9.17) is 4.42 Å². The van der Waals surface area contributed by atoms with E-state index in [9.17, 15) is 4.39 Å². The molecule has 0 saturated carbocycles. The van der Waals surface area contributed by atoms with Gasteiger partial charge in [-0.1, -0.05) is 27.2 Å². The van der Waals surface area contributed by atoms with Crippen LogP contribution in [0, 0.1) is 6.01 Å². The molecule has 1 heterocycles. The van der Waals surface area contributed by atoms with Crippen LogP contribution in [0.3, 0.4) is 0 Å². The highest BCUT2D eigenvalue weighted by atomic mass is 19.1. The Balaban J connectivity index is 2.95. The zero-order valence-corrected chi connectivity index (χ0v) is 8.56. The van der Waals surface area contributed by atoms with E-state index >= 15 is 0 Å². The average Bonchev–Trinajstić information content (AvgIpc) is 2.52. The smallest absolute Gasteiger partial charge is 0.281 e. The fourth-order valence-electron chi connectivity index (χ4n) is 1.78. The van der Waals surface area contributed by atoms with Gasteiger partial charge in [0.15, 0.2) is 0 Å². The number of hydrogen-bond acceptors (Lipinski definition) is 1. The first-order valence-electron chi connectivity index (χ1n) is 4.87. The van der Waals surface area contributed by atoms with Crippen LogP contribution in [0.5, 0.6) is 0 Å². The first-order valence-corrected chi connectivity index (χ1v) is 4.87. The van der Waals surface area contributed by atoms with E-state index in [-0.39, 0.29) is 5.41 Å². The van der Waals surface area contributed by atoms with Crippen molar-refractivity contribution in [2.45, 2.75) is 45.4 Å². The molecule has 1 nitrogen and oxygen atoms in total. The summed E-state index contributed by atoms with van der Waals surface area (Å²) in [4.78, 5) is 0. The van der Waals surface area contributed by atoms with Gasteiger partial charge in [-0.25, -0.2) is 0 Å². The van der Waals surface area contributed by atoms with Gasteiger partial charge in [-0.3, -0.25) is 0 Å². The van der Waals surface area contributed by atoms with Gasteiger partial charge in [0.05, 0.1) is 6.26 Å². The minimum Gasteiger partial charge on any atom is -0.439 e. The molecule has 0 saturated heterocycles. The molecular formula is C11H17FO. The summed E-state index contributed by atoms with van der Waals surface area (Å²) in [5, 5.41) is 0. The van der Waals surface area contributed by atoms with Crippen molar-refractivity contribution in [3.05, 3.63) is 23.9 Å². The molecule has 0 bridgehead atoms. The van der Waals surface area contributed by atoms with Crippen LogP contribution < -0.4 is 0 Å². The Labute approximate surface area is 78.9 Å². The minimum absolute atomic E-state index is 0.0637. The normalized spacial score (nSPS) is 15.7. The van der Waals surface area contributed by atoms with Crippen LogP contribution in [0.15, 0.2) is 16.7 Å². The highest BCUT2D eigenvalue weighted by molar-refractivity contribution is 5.20. The van der Waals surface area contributed by atoms with Gasteiger partial charge in [-0.15, -0.1) is 0 Å². The van der Waals surface area contributed by atoms with Crippen molar-refractivity contribution in [1.29, 1.82) is 0 Å². The van der Waals surface area contributed by atoms with E-state index in [1.165, 1.54) is 6.26 Å². The van der Waals surface area contributed by atoms with Gasteiger partial charge in [-0.05, 0) is 24.3 Å². The predicted molar refractivity (Wildman–Crippen MR) is 51.2 cm³/mol.